The number of hydrogen-bond acceptors (Lipinski definition) is 2. The molecule has 0 atom stereocenters. The van der Waals surface area contributed by atoms with Gasteiger partial charge in [-0.1, -0.05) is 6.92 Å². The van der Waals surface area contributed by atoms with Crippen LogP contribution in [-0.2, 0) is 17.8 Å². The van der Waals surface area contributed by atoms with Crippen LogP contribution in [0.5, 0.6) is 0 Å². The van der Waals surface area contributed by atoms with E-state index in [0.29, 0.717) is 0 Å². The Balaban J connectivity index is 2.34. The van der Waals surface area contributed by atoms with Crippen molar-refractivity contribution in [2.45, 2.75) is 20.0 Å². The first kappa shape index (κ1) is 10.3. The zero-order chi connectivity index (χ0) is 9.52. The van der Waals surface area contributed by atoms with Gasteiger partial charge in [0.2, 0.25) is 0 Å². The highest BCUT2D eigenvalue weighted by Gasteiger charge is 1.95. The third-order valence-electron chi connectivity index (χ3n) is 1.94. The lowest BCUT2D eigenvalue weighted by atomic mass is 10.3. The lowest BCUT2D eigenvalue weighted by molar-refractivity contribution is 0.187. The normalized spacial score (nSPS) is 10.6. The zero-order valence-corrected chi connectivity index (χ0v) is 8.42. The second-order valence-electron chi connectivity index (χ2n) is 3.03. The van der Waals surface area contributed by atoms with Gasteiger partial charge in [0.15, 0.2) is 0 Å². The van der Waals surface area contributed by atoms with Crippen molar-refractivity contribution >= 4 is 0 Å². The molecule has 0 saturated carbocycles. The van der Waals surface area contributed by atoms with Crippen LogP contribution >= 0.6 is 0 Å². The van der Waals surface area contributed by atoms with Crippen molar-refractivity contribution in [3.8, 4) is 0 Å². The lowest BCUT2D eigenvalue weighted by Gasteiger charge is -2.00. The van der Waals surface area contributed by atoms with E-state index < -0.39 is 0 Å². The summed E-state index contributed by atoms with van der Waals surface area (Å²) >= 11 is 0. The van der Waals surface area contributed by atoms with Gasteiger partial charge in [0, 0.05) is 32.6 Å². The minimum absolute atomic E-state index is 0.773. The average molecular weight is 182 g/mol. The van der Waals surface area contributed by atoms with Gasteiger partial charge in [-0.25, -0.2) is 0 Å². The molecule has 3 heteroatoms. The number of hydrogen-bond donors (Lipinski definition) is 1. The van der Waals surface area contributed by atoms with Crippen LogP contribution in [0.1, 0.15) is 12.5 Å². The molecule has 0 saturated heterocycles. The van der Waals surface area contributed by atoms with E-state index in [4.69, 9.17) is 4.74 Å². The first-order chi connectivity index (χ1) is 6.36. The Morgan fingerprint density at radius 1 is 1.54 bits per heavy atom. The fraction of sp³-hybridized carbons (Fsp3) is 0.600. The van der Waals surface area contributed by atoms with Gasteiger partial charge in [0.25, 0.3) is 0 Å². The summed E-state index contributed by atoms with van der Waals surface area (Å²) in [4.78, 5) is 0. The molecule has 0 aliphatic heterocycles. The summed E-state index contributed by atoms with van der Waals surface area (Å²) in [5, 5.41) is 3.29. The molecule has 1 N–H and O–H groups in total. The number of methoxy groups -OCH3 is 1. The first-order valence-electron chi connectivity index (χ1n) is 4.71. The highest BCUT2D eigenvalue weighted by Crippen LogP contribution is 2.00. The second kappa shape index (κ2) is 5.78. The molecule has 3 nitrogen and oxygen atoms in total. The van der Waals surface area contributed by atoms with Crippen molar-refractivity contribution < 1.29 is 4.74 Å². The highest BCUT2D eigenvalue weighted by molar-refractivity contribution is 5.09. The maximum Gasteiger partial charge on any atom is 0.0641 e. The van der Waals surface area contributed by atoms with Crippen molar-refractivity contribution in [3.63, 3.8) is 0 Å². The van der Waals surface area contributed by atoms with E-state index in [9.17, 15) is 0 Å². The topological polar surface area (TPSA) is 26.2 Å². The van der Waals surface area contributed by atoms with Crippen molar-refractivity contribution in [2.75, 3.05) is 20.3 Å². The molecule has 0 aromatic carbocycles. The fourth-order valence-electron chi connectivity index (χ4n) is 1.20. The van der Waals surface area contributed by atoms with Gasteiger partial charge < -0.3 is 14.6 Å². The maximum atomic E-state index is 5.00. The monoisotopic (exact) mass is 182 g/mol. The van der Waals surface area contributed by atoms with E-state index in [1.54, 1.807) is 7.11 Å². The predicted octanol–water partition coefficient (Wildman–Crippen LogP) is 1.24. The number of ether oxygens (including phenoxy) is 1. The van der Waals surface area contributed by atoms with Crippen molar-refractivity contribution in [3.05, 3.63) is 24.0 Å². The molecule has 0 bridgehead atoms. The number of rotatable bonds is 6. The first-order valence-corrected chi connectivity index (χ1v) is 4.71. The van der Waals surface area contributed by atoms with Crippen LogP contribution in [0.25, 0.3) is 0 Å². The molecule has 0 radical (unpaired) electrons. The Morgan fingerprint density at radius 3 is 3.08 bits per heavy atom. The lowest BCUT2D eigenvalue weighted by Crippen LogP contribution is -2.11. The Morgan fingerprint density at radius 2 is 2.38 bits per heavy atom. The molecule has 0 fully saturated rings. The zero-order valence-electron chi connectivity index (χ0n) is 8.42. The highest BCUT2D eigenvalue weighted by atomic mass is 16.5. The van der Waals surface area contributed by atoms with Crippen molar-refractivity contribution in [2.24, 2.45) is 0 Å². The van der Waals surface area contributed by atoms with Gasteiger partial charge in [0.05, 0.1) is 6.61 Å². The Kier molecular flexibility index (Phi) is 4.57. The van der Waals surface area contributed by atoms with Gasteiger partial charge in [-0.05, 0) is 18.2 Å². The van der Waals surface area contributed by atoms with E-state index in [0.717, 1.165) is 26.2 Å². The number of nitrogens with one attached hydrogen (secondary N) is 1. The molecule has 0 aliphatic carbocycles. The molecule has 1 heterocycles. The smallest absolute Gasteiger partial charge is 0.0641 e. The molecule has 1 rings (SSSR count). The standard InChI is InChI=1S/C10H18N2O/c1-3-11-8-10-4-5-12(9-10)6-7-13-2/h4-5,9,11H,3,6-8H2,1-2H3. The Hall–Kier alpha value is -0.800. The van der Waals surface area contributed by atoms with Crippen LogP contribution < -0.4 is 5.32 Å². The minimum atomic E-state index is 0.773. The molecule has 0 spiro atoms. The summed E-state index contributed by atoms with van der Waals surface area (Å²) in [5.41, 5.74) is 1.33. The van der Waals surface area contributed by atoms with Crippen LogP contribution in [0, 0.1) is 0 Å². The van der Waals surface area contributed by atoms with E-state index in [2.05, 4.69) is 35.3 Å². The van der Waals surface area contributed by atoms with Crippen LogP contribution in [0.3, 0.4) is 0 Å². The van der Waals surface area contributed by atoms with Gasteiger partial charge in [-0.3, -0.25) is 0 Å². The molecule has 0 amide bonds. The van der Waals surface area contributed by atoms with Crippen LogP contribution in [0.15, 0.2) is 18.5 Å². The van der Waals surface area contributed by atoms with Crippen molar-refractivity contribution in [1.29, 1.82) is 0 Å². The SMILES string of the molecule is CCNCc1ccn(CCOC)c1. The van der Waals surface area contributed by atoms with Crippen LogP contribution in [0.4, 0.5) is 0 Å². The number of aromatic nitrogens is 1. The summed E-state index contributed by atoms with van der Waals surface area (Å²) in [5.74, 6) is 0. The maximum absolute atomic E-state index is 5.00. The summed E-state index contributed by atoms with van der Waals surface area (Å²) in [6, 6.07) is 2.14. The third kappa shape index (κ3) is 3.61. The fourth-order valence-corrected chi connectivity index (χ4v) is 1.20. The largest absolute Gasteiger partial charge is 0.383 e. The van der Waals surface area contributed by atoms with Crippen LogP contribution in [0.2, 0.25) is 0 Å². The van der Waals surface area contributed by atoms with Crippen LogP contribution in [-0.4, -0.2) is 24.8 Å². The molecule has 74 valence electrons. The summed E-state index contributed by atoms with van der Waals surface area (Å²) in [6.45, 7) is 5.79. The Bertz CT molecular complexity index is 210. The Labute approximate surface area is 79.7 Å². The average Bonchev–Trinajstić information content (AvgIpc) is 2.59. The second-order valence-corrected chi connectivity index (χ2v) is 3.03. The molecular weight excluding hydrogens is 164 g/mol. The summed E-state index contributed by atoms with van der Waals surface area (Å²) < 4.78 is 7.15. The summed E-state index contributed by atoms with van der Waals surface area (Å²) in [7, 11) is 1.73. The van der Waals surface area contributed by atoms with E-state index in [-0.39, 0.29) is 0 Å². The minimum Gasteiger partial charge on any atom is -0.383 e. The quantitative estimate of drug-likeness (QED) is 0.716. The third-order valence-corrected chi connectivity index (χ3v) is 1.94. The molecule has 0 aliphatic rings. The van der Waals surface area contributed by atoms with Gasteiger partial charge >= 0.3 is 0 Å². The summed E-state index contributed by atoms with van der Waals surface area (Å²) in [6.07, 6.45) is 4.24. The van der Waals surface area contributed by atoms with E-state index in [1.165, 1.54) is 5.56 Å². The molecule has 1 aromatic rings. The van der Waals surface area contributed by atoms with E-state index >= 15 is 0 Å². The molecular formula is C10H18N2O. The molecule has 1 aromatic heterocycles. The van der Waals surface area contributed by atoms with Crippen molar-refractivity contribution in [1.82, 2.24) is 9.88 Å². The molecule has 13 heavy (non-hydrogen) atoms. The molecule has 0 unspecified atom stereocenters. The van der Waals surface area contributed by atoms with Gasteiger partial charge in [-0.15, -0.1) is 0 Å². The number of nitrogens with zero attached hydrogens (tertiary/aromatic N) is 1. The van der Waals surface area contributed by atoms with Gasteiger partial charge in [-0.2, -0.15) is 0 Å². The van der Waals surface area contributed by atoms with Gasteiger partial charge in [0.1, 0.15) is 0 Å². The van der Waals surface area contributed by atoms with E-state index in [1.807, 2.05) is 0 Å². The predicted molar refractivity (Wildman–Crippen MR) is 53.7 cm³/mol.